The van der Waals surface area contributed by atoms with Gasteiger partial charge in [0, 0.05) is 43.7 Å². The Bertz CT molecular complexity index is 873. The zero-order chi connectivity index (χ0) is 18.1. The van der Waals surface area contributed by atoms with Gasteiger partial charge in [-0.1, -0.05) is 18.1 Å². The van der Waals surface area contributed by atoms with Crippen LogP contribution in [0.2, 0.25) is 0 Å². The Morgan fingerprint density at radius 1 is 0.963 bits per heavy atom. The van der Waals surface area contributed by atoms with Crippen molar-refractivity contribution in [3.8, 4) is 5.82 Å². The van der Waals surface area contributed by atoms with E-state index in [1.54, 1.807) is 17.2 Å². The van der Waals surface area contributed by atoms with E-state index in [1.165, 1.54) is 31.4 Å². The quantitative estimate of drug-likeness (QED) is 0.708. The monoisotopic (exact) mass is 364 g/mol. The van der Waals surface area contributed by atoms with Gasteiger partial charge in [0.15, 0.2) is 5.82 Å². The highest BCUT2D eigenvalue weighted by molar-refractivity contribution is 5.43. The highest BCUT2D eigenvalue weighted by Crippen LogP contribution is 2.33. The molecule has 3 aromatic rings. The van der Waals surface area contributed by atoms with Crippen LogP contribution in [-0.4, -0.2) is 47.8 Å². The Hall–Kier alpha value is -2.77. The number of hydrogen-bond donors (Lipinski definition) is 0. The lowest BCUT2D eigenvalue weighted by Gasteiger charge is -2.32. The Labute approximate surface area is 158 Å². The van der Waals surface area contributed by atoms with Crippen molar-refractivity contribution in [2.45, 2.75) is 50.5 Å². The SMILES string of the molecule is c1cnn(-c2cc(N3CCC(n4cc(C5CCCC5)nn4)CC3)ncn2)c1. The first-order chi connectivity index (χ1) is 13.4. The molecule has 0 amide bonds. The lowest BCUT2D eigenvalue weighted by atomic mass is 10.0. The van der Waals surface area contributed by atoms with E-state index in [0.717, 1.165) is 37.6 Å². The van der Waals surface area contributed by atoms with Crippen molar-refractivity contribution in [3.63, 3.8) is 0 Å². The summed E-state index contributed by atoms with van der Waals surface area (Å²) in [7, 11) is 0. The van der Waals surface area contributed by atoms with Gasteiger partial charge in [-0.05, 0) is 31.7 Å². The molecule has 1 saturated carbocycles. The maximum Gasteiger partial charge on any atom is 0.158 e. The molecule has 1 saturated heterocycles. The molecule has 8 nitrogen and oxygen atoms in total. The Morgan fingerprint density at radius 3 is 2.56 bits per heavy atom. The molecular weight excluding hydrogens is 340 g/mol. The van der Waals surface area contributed by atoms with E-state index in [0.29, 0.717) is 12.0 Å². The van der Waals surface area contributed by atoms with Crippen LogP contribution in [0.5, 0.6) is 0 Å². The summed E-state index contributed by atoms with van der Waals surface area (Å²) in [6.45, 7) is 1.91. The standard InChI is InChI=1S/C19H24N8/c1-2-5-15(4-1)17-13-27(24-23-17)16-6-10-25(11-7-16)18-12-19(21-14-20-18)26-9-3-8-22-26/h3,8-9,12-16H,1-2,4-7,10-11H2. The molecule has 0 radical (unpaired) electrons. The van der Waals surface area contributed by atoms with Crippen molar-refractivity contribution in [2.24, 2.45) is 0 Å². The maximum atomic E-state index is 4.47. The smallest absolute Gasteiger partial charge is 0.158 e. The van der Waals surface area contributed by atoms with Crippen LogP contribution < -0.4 is 4.90 Å². The summed E-state index contributed by atoms with van der Waals surface area (Å²) < 4.78 is 3.86. The fraction of sp³-hybridized carbons (Fsp3) is 0.526. The van der Waals surface area contributed by atoms with Crippen LogP contribution in [0.4, 0.5) is 5.82 Å². The van der Waals surface area contributed by atoms with Gasteiger partial charge in [0.25, 0.3) is 0 Å². The number of rotatable bonds is 4. The van der Waals surface area contributed by atoms with Crippen molar-refractivity contribution in [2.75, 3.05) is 18.0 Å². The molecule has 8 heteroatoms. The van der Waals surface area contributed by atoms with Crippen LogP contribution in [0.1, 0.15) is 56.2 Å². The van der Waals surface area contributed by atoms with Crippen molar-refractivity contribution < 1.29 is 0 Å². The average Bonchev–Trinajstić information content (AvgIpc) is 3.50. The predicted molar refractivity (Wildman–Crippen MR) is 101 cm³/mol. The molecule has 0 N–H and O–H groups in total. The zero-order valence-corrected chi connectivity index (χ0v) is 15.4. The lowest BCUT2D eigenvalue weighted by molar-refractivity contribution is 0.359. The summed E-state index contributed by atoms with van der Waals surface area (Å²) in [6, 6.07) is 4.32. The largest absolute Gasteiger partial charge is 0.356 e. The first-order valence-corrected chi connectivity index (χ1v) is 9.85. The molecule has 4 heterocycles. The van der Waals surface area contributed by atoms with Gasteiger partial charge in [0.1, 0.15) is 12.1 Å². The van der Waals surface area contributed by atoms with Gasteiger partial charge in [-0.25, -0.2) is 19.3 Å². The number of anilines is 1. The van der Waals surface area contributed by atoms with Crippen molar-refractivity contribution >= 4 is 5.82 Å². The Kier molecular flexibility index (Phi) is 4.31. The van der Waals surface area contributed by atoms with E-state index in [-0.39, 0.29) is 0 Å². The van der Waals surface area contributed by atoms with Gasteiger partial charge >= 0.3 is 0 Å². The van der Waals surface area contributed by atoms with E-state index in [1.807, 2.05) is 18.3 Å². The van der Waals surface area contributed by atoms with Crippen LogP contribution >= 0.6 is 0 Å². The predicted octanol–water partition coefficient (Wildman–Crippen LogP) is 2.75. The molecule has 2 aliphatic rings. The summed E-state index contributed by atoms with van der Waals surface area (Å²) in [4.78, 5) is 11.1. The molecule has 5 rings (SSSR count). The minimum atomic E-state index is 0.427. The van der Waals surface area contributed by atoms with Crippen molar-refractivity contribution in [3.05, 3.63) is 42.7 Å². The minimum absolute atomic E-state index is 0.427. The summed E-state index contributed by atoms with van der Waals surface area (Å²) in [6.07, 6.45) is 14.7. The second kappa shape index (κ2) is 7.09. The average molecular weight is 364 g/mol. The molecular formula is C19H24N8. The van der Waals surface area contributed by atoms with Crippen molar-refractivity contribution in [1.29, 1.82) is 0 Å². The van der Waals surface area contributed by atoms with E-state index < -0.39 is 0 Å². The van der Waals surface area contributed by atoms with Gasteiger partial charge in [-0.3, -0.25) is 0 Å². The van der Waals surface area contributed by atoms with Crippen molar-refractivity contribution in [1.82, 2.24) is 34.7 Å². The topological polar surface area (TPSA) is 77.5 Å². The highest BCUT2D eigenvalue weighted by atomic mass is 15.4. The first kappa shape index (κ1) is 16.4. The molecule has 0 aromatic carbocycles. The molecule has 27 heavy (non-hydrogen) atoms. The fourth-order valence-electron chi connectivity index (χ4n) is 4.28. The molecule has 2 fully saturated rings. The van der Waals surface area contributed by atoms with Gasteiger partial charge in [-0.2, -0.15) is 5.10 Å². The molecule has 1 aliphatic carbocycles. The van der Waals surface area contributed by atoms with Crippen LogP contribution in [0.3, 0.4) is 0 Å². The van der Waals surface area contributed by atoms with Crippen LogP contribution in [0, 0.1) is 0 Å². The molecule has 0 unspecified atom stereocenters. The summed E-state index contributed by atoms with van der Waals surface area (Å²) in [5.74, 6) is 2.38. The number of aromatic nitrogens is 7. The molecule has 1 aliphatic heterocycles. The van der Waals surface area contributed by atoms with Gasteiger partial charge in [-0.15, -0.1) is 5.10 Å². The zero-order valence-electron chi connectivity index (χ0n) is 15.4. The number of hydrogen-bond acceptors (Lipinski definition) is 6. The second-order valence-electron chi connectivity index (χ2n) is 7.51. The minimum Gasteiger partial charge on any atom is -0.356 e. The maximum absolute atomic E-state index is 4.47. The second-order valence-corrected chi connectivity index (χ2v) is 7.51. The third-order valence-electron chi connectivity index (χ3n) is 5.84. The first-order valence-electron chi connectivity index (χ1n) is 9.85. The van der Waals surface area contributed by atoms with Crippen LogP contribution in [-0.2, 0) is 0 Å². The normalized spacial score (nSPS) is 19.0. The third-order valence-corrected chi connectivity index (χ3v) is 5.84. The summed E-state index contributed by atoms with van der Waals surface area (Å²) in [5.41, 5.74) is 1.19. The fourth-order valence-corrected chi connectivity index (χ4v) is 4.28. The number of nitrogens with zero attached hydrogens (tertiary/aromatic N) is 8. The van der Waals surface area contributed by atoms with E-state index in [2.05, 4.69) is 41.2 Å². The van der Waals surface area contributed by atoms with Crippen LogP contribution in [0.25, 0.3) is 5.82 Å². The van der Waals surface area contributed by atoms with E-state index >= 15 is 0 Å². The summed E-state index contributed by atoms with van der Waals surface area (Å²) >= 11 is 0. The van der Waals surface area contributed by atoms with E-state index in [9.17, 15) is 0 Å². The number of piperidine rings is 1. The molecule has 140 valence electrons. The third kappa shape index (κ3) is 3.31. The molecule has 0 spiro atoms. The van der Waals surface area contributed by atoms with Gasteiger partial charge in [0.2, 0.25) is 0 Å². The van der Waals surface area contributed by atoms with E-state index in [4.69, 9.17) is 0 Å². The molecule has 0 bridgehead atoms. The van der Waals surface area contributed by atoms with Gasteiger partial charge in [0.05, 0.1) is 11.7 Å². The van der Waals surface area contributed by atoms with Gasteiger partial charge < -0.3 is 4.90 Å². The Balaban J connectivity index is 1.25. The summed E-state index contributed by atoms with van der Waals surface area (Å²) in [5, 5.41) is 13.1. The molecule has 3 aromatic heterocycles. The molecule has 0 atom stereocenters. The van der Waals surface area contributed by atoms with Crippen LogP contribution in [0.15, 0.2) is 37.1 Å². The highest BCUT2D eigenvalue weighted by Gasteiger charge is 2.25. The lowest BCUT2D eigenvalue weighted by Crippen LogP contribution is -2.35. The Morgan fingerprint density at radius 2 is 1.78 bits per heavy atom.